The summed E-state index contributed by atoms with van der Waals surface area (Å²) in [6.45, 7) is 7.30. The van der Waals surface area contributed by atoms with Crippen LogP contribution in [0.4, 0.5) is 5.69 Å². The molecule has 3 N–H and O–H groups in total. The second-order valence-corrected chi connectivity index (χ2v) is 13.9. The summed E-state index contributed by atoms with van der Waals surface area (Å²) in [6.07, 6.45) is 0.0615. The maximum absolute atomic E-state index is 14.5. The molecule has 4 aromatic carbocycles. The number of hydrogen-bond donors (Lipinski definition) is 3. The van der Waals surface area contributed by atoms with Crippen molar-refractivity contribution in [2.45, 2.75) is 43.2 Å². The molecular weight excluding hydrogens is 638 g/mol. The Kier molecular flexibility index (Phi) is 10.4. The Balaban J connectivity index is 1.51. The Morgan fingerprint density at radius 1 is 0.894 bits per heavy atom. The van der Waals surface area contributed by atoms with Gasteiger partial charge in [-0.2, -0.15) is 4.31 Å². The number of halogens is 1. The molecule has 0 spiro atoms. The number of nitrogens with zero attached hydrogens (tertiary/aromatic N) is 2. The molecule has 1 aliphatic carbocycles. The van der Waals surface area contributed by atoms with Crippen molar-refractivity contribution in [3.63, 3.8) is 0 Å². The highest BCUT2D eigenvalue weighted by Crippen LogP contribution is 2.58. The van der Waals surface area contributed by atoms with Crippen molar-refractivity contribution in [1.82, 2.24) is 9.21 Å². The third-order valence-corrected chi connectivity index (χ3v) is 11.0. The van der Waals surface area contributed by atoms with E-state index in [1.807, 2.05) is 36.4 Å². The molecule has 0 saturated heterocycles. The van der Waals surface area contributed by atoms with Gasteiger partial charge in [-0.3, -0.25) is 4.79 Å². The van der Waals surface area contributed by atoms with Crippen molar-refractivity contribution < 1.29 is 28.2 Å². The van der Waals surface area contributed by atoms with Gasteiger partial charge in [-0.05, 0) is 90.3 Å². The van der Waals surface area contributed by atoms with E-state index in [0.29, 0.717) is 22.7 Å². The molecular formula is C36H38ClN3O6S. The average molecular weight is 676 g/mol. The number of likely N-dealkylation sites (N-methyl/N-ethyl adjacent to an activating group) is 1. The van der Waals surface area contributed by atoms with E-state index in [4.69, 9.17) is 11.6 Å². The molecule has 0 aliphatic heterocycles. The fourth-order valence-corrected chi connectivity index (χ4v) is 7.91. The Bertz CT molecular complexity index is 1850. The van der Waals surface area contributed by atoms with Gasteiger partial charge in [0.25, 0.3) is 0 Å². The summed E-state index contributed by atoms with van der Waals surface area (Å²) in [6, 6.07) is 26.8. The van der Waals surface area contributed by atoms with Crippen LogP contribution < -0.4 is 5.32 Å². The van der Waals surface area contributed by atoms with Crippen LogP contribution in [0.5, 0.6) is 0 Å². The Morgan fingerprint density at radius 3 is 2.15 bits per heavy atom. The van der Waals surface area contributed by atoms with E-state index in [-0.39, 0.29) is 23.4 Å². The molecule has 0 aromatic heterocycles. The highest BCUT2D eigenvalue weighted by molar-refractivity contribution is 7.89. The van der Waals surface area contributed by atoms with Crippen LogP contribution in [0, 0.1) is 0 Å². The molecule has 0 radical (unpaired) electrons. The average Bonchev–Trinajstić information content (AvgIpc) is 3.83. The predicted molar refractivity (Wildman–Crippen MR) is 183 cm³/mol. The van der Waals surface area contributed by atoms with Crippen molar-refractivity contribution in [3.05, 3.63) is 119 Å². The normalized spacial score (nSPS) is 17.5. The van der Waals surface area contributed by atoms with Gasteiger partial charge < -0.3 is 20.4 Å². The number of aliphatic carboxylic acids is 1. The number of aromatic carboxylic acids is 1. The lowest BCUT2D eigenvalue weighted by atomic mass is 10.0. The van der Waals surface area contributed by atoms with Gasteiger partial charge in [0, 0.05) is 36.3 Å². The molecule has 47 heavy (non-hydrogen) atoms. The smallest absolute Gasteiger partial charge is 0.335 e. The Hall–Kier alpha value is -4.22. The van der Waals surface area contributed by atoms with Gasteiger partial charge in [-0.15, -0.1) is 0 Å². The monoisotopic (exact) mass is 675 g/mol. The van der Waals surface area contributed by atoms with Crippen LogP contribution in [0.3, 0.4) is 0 Å². The number of anilines is 1. The maximum atomic E-state index is 14.5. The first-order valence-corrected chi connectivity index (χ1v) is 17.3. The topological polar surface area (TPSA) is 127 Å². The van der Waals surface area contributed by atoms with Crippen LogP contribution in [0.25, 0.3) is 11.1 Å². The van der Waals surface area contributed by atoms with E-state index in [0.717, 1.165) is 40.8 Å². The number of sulfonamides is 1. The van der Waals surface area contributed by atoms with Gasteiger partial charge in [-0.25, -0.2) is 13.2 Å². The number of carboxylic acid groups (broad SMARTS) is 2. The van der Waals surface area contributed by atoms with E-state index in [1.165, 1.54) is 30.3 Å². The van der Waals surface area contributed by atoms with Crippen LogP contribution in [0.1, 0.15) is 47.7 Å². The molecule has 9 nitrogen and oxygen atoms in total. The fraction of sp³-hybridized carbons (Fsp3) is 0.278. The number of benzene rings is 4. The van der Waals surface area contributed by atoms with E-state index in [9.17, 15) is 28.2 Å². The molecule has 5 rings (SSSR count). The lowest BCUT2D eigenvalue weighted by molar-refractivity contribution is -0.143. The van der Waals surface area contributed by atoms with Gasteiger partial charge >= 0.3 is 11.9 Å². The van der Waals surface area contributed by atoms with Gasteiger partial charge in [0.2, 0.25) is 10.0 Å². The predicted octanol–water partition coefficient (Wildman–Crippen LogP) is 6.66. The summed E-state index contributed by atoms with van der Waals surface area (Å²) in [5, 5.41) is 24.3. The largest absolute Gasteiger partial charge is 0.480 e. The number of rotatable bonds is 15. The number of hydrogen-bond acceptors (Lipinski definition) is 6. The zero-order chi connectivity index (χ0) is 33.8. The summed E-state index contributed by atoms with van der Waals surface area (Å²) in [4.78, 5) is 27.1. The van der Waals surface area contributed by atoms with Gasteiger partial charge in [0.15, 0.2) is 0 Å². The maximum Gasteiger partial charge on any atom is 0.335 e. The first kappa shape index (κ1) is 34.1. The highest BCUT2D eigenvalue weighted by atomic mass is 35.5. The highest BCUT2D eigenvalue weighted by Gasteiger charge is 2.68. The van der Waals surface area contributed by atoms with E-state index in [1.54, 1.807) is 30.3 Å². The molecule has 11 heteroatoms. The Labute approximate surface area is 280 Å². The molecule has 1 saturated carbocycles. The summed E-state index contributed by atoms with van der Waals surface area (Å²) in [5.74, 6) is -3.06. The molecule has 2 unspecified atom stereocenters. The third kappa shape index (κ3) is 7.36. The number of carboxylic acids is 2. The van der Waals surface area contributed by atoms with Crippen molar-refractivity contribution in [3.8, 4) is 11.1 Å². The minimum atomic E-state index is -4.40. The van der Waals surface area contributed by atoms with Crippen LogP contribution in [-0.2, 0) is 21.4 Å². The minimum Gasteiger partial charge on any atom is -0.480 e. The molecule has 246 valence electrons. The van der Waals surface area contributed by atoms with Crippen molar-refractivity contribution in [2.24, 2.45) is 0 Å². The molecule has 1 fully saturated rings. The lowest BCUT2D eigenvalue weighted by Gasteiger charge is -2.30. The standard InChI is InChI=1S/C36H38ClN3O6S/c1-3-39(4-2)20-19-38-31-10-6-8-28(22-31)33-23-36(33,35(43)44)40(24-25-7-5-9-29(21-25)34(41)42)47(45,46)32-17-13-27(14-18-32)26-11-15-30(37)16-12-26/h5-18,21-22,33,38H,3-4,19-20,23-24H2,1-2H3,(H,41,42)(H,43,44). The molecule has 1 aliphatic rings. The summed E-state index contributed by atoms with van der Waals surface area (Å²) in [5.41, 5.74) is 1.70. The van der Waals surface area contributed by atoms with E-state index < -0.39 is 33.4 Å². The van der Waals surface area contributed by atoms with Crippen LogP contribution in [0.15, 0.2) is 102 Å². The molecule has 0 bridgehead atoms. The SMILES string of the molecule is CCN(CC)CCNc1cccc(C2CC2(C(=O)O)N(Cc2cccc(C(=O)O)c2)S(=O)(=O)c2ccc(-c3ccc(Cl)cc3)cc2)c1. The molecule has 4 aromatic rings. The first-order valence-electron chi connectivity index (χ1n) is 15.5. The van der Waals surface area contributed by atoms with Gasteiger partial charge in [0.05, 0.1) is 10.5 Å². The summed E-state index contributed by atoms with van der Waals surface area (Å²) in [7, 11) is -4.40. The van der Waals surface area contributed by atoms with E-state index in [2.05, 4.69) is 24.1 Å². The molecule has 2 atom stereocenters. The minimum absolute atomic E-state index is 0.0209. The van der Waals surface area contributed by atoms with Gasteiger partial charge in [-0.1, -0.05) is 74.0 Å². The first-order chi connectivity index (χ1) is 22.5. The lowest BCUT2D eigenvalue weighted by Crippen LogP contribution is -2.48. The van der Waals surface area contributed by atoms with Crippen LogP contribution in [-0.4, -0.2) is 71.5 Å². The number of carbonyl (C=O) groups is 2. The van der Waals surface area contributed by atoms with Crippen molar-refractivity contribution in [1.29, 1.82) is 0 Å². The zero-order valence-electron chi connectivity index (χ0n) is 26.3. The second-order valence-electron chi connectivity index (χ2n) is 11.6. The Morgan fingerprint density at radius 2 is 1.53 bits per heavy atom. The molecule has 0 heterocycles. The van der Waals surface area contributed by atoms with E-state index >= 15 is 0 Å². The zero-order valence-corrected chi connectivity index (χ0v) is 27.8. The van der Waals surface area contributed by atoms with Gasteiger partial charge in [0.1, 0.15) is 5.54 Å². The second kappa shape index (κ2) is 14.3. The van der Waals surface area contributed by atoms with Crippen molar-refractivity contribution >= 4 is 39.3 Å². The van der Waals surface area contributed by atoms with Crippen LogP contribution >= 0.6 is 11.6 Å². The summed E-state index contributed by atoms with van der Waals surface area (Å²) >= 11 is 6.03. The number of nitrogens with one attached hydrogen (secondary N) is 1. The third-order valence-electron chi connectivity index (χ3n) is 8.81. The fourth-order valence-electron chi connectivity index (χ4n) is 6.03. The van der Waals surface area contributed by atoms with Crippen LogP contribution in [0.2, 0.25) is 5.02 Å². The summed E-state index contributed by atoms with van der Waals surface area (Å²) < 4.78 is 29.9. The quantitative estimate of drug-likeness (QED) is 0.128. The molecule has 0 amide bonds. The van der Waals surface area contributed by atoms with Crippen molar-refractivity contribution in [2.75, 3.05) is 31.5 Å².